The summed E-state index contributed by atoms with van der Waals surface area (Å²) in [5.74, 6) is 0. The molecule has 1 unspecified atom stereocenters. The molecule has 1 N–H and O–H groups in total. The number of pyridine rings is 1. The van der Waals surface area contributed by atoms with Crippen molar-refractivity contribution in [1.29, 1.82) is 0 Å². The molecule has 0 aliphatic heterocycles. The van der Waals surface area contributed by atoms with E-state index >= 15 is 0 Å². The molecule has 4 heteroatoms. The molecule has 1 atom stereocenters. The van der Waals surface area contributed by atoms with E-state index < -0.39 is 0 Å². The van der Waals surface area contributed by atoms with Crippen LogP contribution in [-0.4, -0.2) is 22.5 Å². The molecule has 0 saturated heterocycles. The van der Waals surface area contributed by atoms with Crippen LogP contribution in [0.15, 0.2) is 29.2 Å². The van der Waals surface area contributed by atoms with Crippen LogP contribution in [0.5, 0.6) is 0 Å². The minimum atomic E-state index is 0.0674. The third-order valence-electron chi connectivity index (χ3n) is 2.64. The summed E-state index contributed by atoms with van der Waals surface area (Å²) in [6, 6.07) is 5.79. The largest absolute Gasteiger partial charge is 0.314 e. The number of rotatable bonds is 7. The molecule has 90 valence electrons. The fourth-order valence-electron chi connectivity index (χ4n) is 1.62. The zero-order valence-corrected chi connectivity index (χ0v) is 11.2. The molecule has 1 aromatic heterocycles. The summed E-state index contributed by atoms with van der Waals surface area (Å²) in [7, 11) is 0. The van der Waals surface area contributed by atoms with Gasteiger partial charge >= 0.3 is 0 Å². The first kappa shape index (κ1) is 13.5. The van der Waals surface area contributed by atoms with Crippen molar-refractivity contribution in [2.24, 2.45) is 0 Å². The van der Waals surface area contributed by atoms with Crippen LogP contribution < -0.4 is 10.9 Å². The number of nitrogens with zero attached hydrogens (tertiary/aromatic N) is 1. The van der Waals surface area contributed by atoms with Crippen LogP contribution in [0.4, 0.5) is 0 Å². The lowest BCUT2D eigenvalue weighted by Crippen LogP contribution is -2.33. The van der Waals surface area contributed by atoms with Gasteiger partial charge in [-0.3, -0.25) is 4.79 Å². The highest BCUT2D eigenvalue weighted by molar-refractivity contribution is 9.09. The van der Waals surface area contributed by atoms with E-state index in [1.165, 1.54) is 0 Å². The third-order valence-corrected chi connectivity index (χ3v) is 3.09. The van der Waals surface area contributed by atoms with Gasteiger partial charge in [0.15, 0.2) is 0 Å². The van der Waals surface area contributed by atoms with Crippen molar-refractivity contribution in [3.63, 3.8) is 0 Å². The third kappa shape index (κ3) is 4.49. The first-order chi connectivity index (χ1) is 7.77. The average Bonchev–Trinajstić information content (AvgIpc) is 2.30. The molecule has 0 aliphatic carbocycles. The summed E-state index contributed by atoms with van der Waals surface area (Å²) in [5.41, 5.74) is 0.0674. The summed E-state index contributed by atoms with van der Waals surface area (Å²) < 4.78 is 1.73. The summed E-state index contributed by atoms with van der Waals surface area (Å²) in [6.07, 6.45) is 4.07. The Balaban J connectivity index is 2.35. The molecule has 3 nitrogen and oxygen atoms in total. The lowest BCUT2D eigenvalue weighted by molar-refractivity contribution is 0.466. The molecule has 0 aromatic carbocycles. The van der Waals surface area contributed by atoms with Gasteiger partial charge in [-0.15, -0.1) is 0 Å². The molecule has 0 aliphatic rings. The summed E-state index contributed by atoms with van der Waals surface area (Å²) >= 11 is 3.44. The van der Waals surface area contributed by atoms with E-state index in [0.717, 1.165) is 31.3 Å². The highest BCUT2D eigenvalue weighted by atomic mass is 79.9. The Kier molecular flexibility index (Phi) is 6.42. The topological polar surface area (TPSA) is 34.0 Å². The van der Waals surface area contributed by atoms with Crippen molar-refractivity contribution in [2.75, 3.05) is 11.9 Å². The number of nitrogens with one attached hydrogen (secondary N) is 1. The molecule has 0 amide bonds. The smallest absolute Gasteiger partial charge is 0.250 e. The number of hydrogen-bond acceptors (Lipinski definition) is 2. The molecule has 0 saturated carbocycles. The molecule has 16 heavy (non-hydrogen) atoms. The highest BCUT2D eigenvalue weighted by Gasteiger charge is 2.03. The van der Waals surface area contributed by atoms with Crippen molar-refractivity contribution in [3.8, 4) is 0 Å². The zero-order chi connectivity index (χ0) is 11.8. The standard InChI is InChI=1S/C12H19BrN2O/c1-2-11(6-7-13)14-8-10-15-9-4-3-5-12(15)16/h3-5,9,11,14H,2,6-8,10H2,1H3. The Bertz CT molecular complexity index is 351. The number of aromatic nitrogens is 1. The van der Waals surface area contributed by atoms with E-state index in [-0.39, 0.29) is 5.56 Å². The van der Waals surface area contributed by atoms with Gasteiger partial charge in [0.25, 0.3) is 5.56 Å². The summed E-state index contributed by atoms with van der Waals surface area (Å²) in [4.78, 5) is 11.4. The van der Waals surface area contributed by atoms with Crippen LogP contribution in [-0.2, 0) is 6.54 Å². The van der Waals surface area contributed by atoms with Crippen LogP contribution in [0.1, 0.15) is 19.8 Å². The average molecular weight is 287 g/mol. The SMILES string of the molecule is CCC(CCBr)NCCn1ccccc1=O. The van der Waals surface area contributed by atoms with Crippen LogP contribution in [0, 0.1) is 0 Å². The molecule has 0 spiro atoms. The predicted octanol–water partition coefficient (Wildman–Crippen LogP) is 2.00. The molecule has 0 fully saturated rings. The number of alkyl halides is 1. The molecule has 1 rings (SSSR count). The van der Waals surface area contributed by atoms with E-state index in [2.05, 4.69) is 28.2 Å². The first-order valence-electron chi connectivity index (χ1n) is 5.72. The zero-order valence-electron chi connectivity index (χ0n) is 9.66. The van der Waals surface area contributed by atoms with Gasteiger partial charge in [-0.1, -0.05) is 28.9 Å². The molecule has 1 aromatic rings. The maximum Gasteiger partial charge on any atom is 0.250 e. The van der Waals surface area contributed by atoms with E-state index in [9.17, 15) is 4.79 Å². The van der Waals surface area contributed by atoms with Gasteiger partial charge in [0.1, 0.15) is 0 Å². The minimum absolute atomic E-state index is 0.0674. The second kappa shape index (κ2) is 7.63. The Hall–Kier alpha value is -0.610. The lowest BCUT2D eigenvalue weighted by Gasteiger charge is -2.15. The predicted molar refractivity (Wildman–Crippen MR) is 71.2 cm³/mol. The van der Waals surface area contributed by atoms with Crippen LogP contribution >= 0.6 is 15.9 Å². The van der Waals surface area contributed by atoms with Gasteiger partial charge in [-0.05, 0) is 18.9 Å². The van der Waals surface area contributed by atoms with E-state index in [1.54, 1.807) is 16.7 Å². The van der Waals surface area contributed by atoms with Gasteiger partial charge in [0.2, 0.25) is 0 Å². The summed E-state index contributed by atoms with van der Waals surface area (Å²) in [6.45, 7) is 3.75. The quantitative estimate of drug-likeness (QED) is 0.778. The van der Waals surface area contributed by atoms with E-state index in [0.29, 0.717) is 6.04 Å². The van der Waals surface area contributed by atoms with E-state index in [4.69, 9.17) is 0 Å². The van der Waals surface area contributed by atoms with Gasteiger partial charge in [0, 0.05) is 36.7 Å². The molecular weight excluding hydrogens is 268 g/mol. The Morgan fingerprint density at radius 2 is 2.31 bits per heavy atom. The molecule has 0 bridgehead atoms. The van der Waals surface area contributed by atoms with Crippen molar-refractivity contribution in [1.82, 2.24) is 9.88 Å². The van der Waals surface area contributed by atoms with Gasteiger partial charge < -0.3 is 9.88 Å². The van der Waals surface area contributed by atoms with Crippen molar-refractivity contribution in [2.45, 2.75) is 32.4 Å². The fourth-order valence-corrected chi connectivity index (χ4v) is 2.17. The maximum absolute atomic E-state index is 11.4. The minimum Gasteiger partial charge on any atom is -0.314 e. The summed E-state index contributed by atoms with van der Waals surface area (Å²) in [5, 5.41) is 4.47. The Morgan fingerprint density at radius 1 is 1.50 bits per heavy atom. The van der Waals surface area contributed by atoms with Gasteiger partial charge in [-0.2, -0.15) is 0 Å². The van der Waals surface area contributed by atoms with Gasteiger partial charge in [-0.25, -0.2) is 0 Å². The molecule has 1 heterocycles. The van der Waals surface area contributed by atoms with E-state index in [1.807, 2.05) is 12.3 Å². The van der Waals surface area contributed by atoms with Crippen LogP contribution in [0.2, 0.25) is 0 Å². The number of halogens is 1. The van der Waals surface area contributed by atoms with Crippen LogP contribution in [0.25, 0.3) is 0 Å². The number of hydrogen-bond donors (Lipinski definition) is 1. The van der Waals surface area contributed by atoms with Crippen molar-refractivity contribution >= 4 is 15.9 Å². The fraction of sp³-hybridized carbons (Fsp3) is 0.583. The van der Waals surface area contributed by atoms with Gasteiger partial charge in [0.05, 0.1) is 0 Å². The lowest BCUT2D eigenvalue weighted by atomic mass is 10.2. The monoisotopic (exact) mass is 286 g/mol. The van der Waals surface area contributed by atoms with Crippen molar-refractivity contribution in [3.05, 3.63) is 34.7 Å². The Labute approximate surface area is 105 Å². The van der Waals surface area contributed by atoms with Crippen molar-refractivity contribution < 1.29 is 0 Å². The Morgan fingerprint density at radius 3 is 2.94 bits per heavy atom. The maximum atomic E-state index is 11.4. The first-order valence-corrected chi connectivity index (χ1v) is 6.85. The molecule has 0 radical (unpaired) electrons. The van der Waals surface area contributed by atoms with Crippen LogP contribution in [0.3, 0.4) is 0 Å². The second-order valence-electron chi connectivity index (χ2n) is 3.77. The molecular formula is C12H19BrN2O. The highest BCUT2D eigenvalue weighted by Crippen LogP contribution is 1.99. The normalized spacial score (nSPS) is 12.6. The second-order valence-corrected chi connectivity index (χ2v) is 4.56.